The Bertz CT molecular complexity index is 643. The van der Waals surface area contributed by atoms with E-state index in [1.807, 2.05) is 0 Å². The van der Waals surface area contributed by atoms with Crippen molar-refractivity contribution in [2.24, 2.45) is 0 Å². The molecule has 1 aliphatic rings. The highest BCUT2D eigenvalue weighted by Gasteiger charge is 2.27. The molecule has 1 heterocycles. The van der Waals surface area contributed by atoms with Crippen molar-refractivity contribution in [2.75, 3.05) is 0 Å². The maximum atomic E-state index is 10.4. The number of benzene rings is 1. The third-order valence-electron chi connectivity index (χ3n) is 4.26. The van der Waals surface area contributed by atoms with Gasteiger partial charge >= 0.3 is 0 Å². The molecular formula is C18H24N2O. The number of aryl methyl sites for hydroxylation is 2. The highest BCUT2D eigenvalue weighted by Crippen LogP contribution is 2.32. The molecule has 1 unspecified atom stereocenters. The second-order valence-corrected chi connectivity index (χ2v) is 6.44. The molecule has 3 rings (SSSR count). The minimum absolute atomic E-state index is 0.362. The van der Waals surface area contributed by atoms with Crippen LogP contribution in [0.2, 0.25) is 0 Å². The van der Waals surface area contributed by atoms with Crippen LogP contribution in [0.4, 0.5) is 0 Å². The summed E-state index contributed by atoms with van der Waals surface area (Å²) in [5.74, 6) is 1.47. The fourth-order valence-electron chi connectivity index (χ4n) is 3.29. The molecule has 0 aliphatic heterocycles. The van der Waals surface area contributed by atoms with Crippen molar-refractivity contribution in [1.82, 2.24) is 9.55 Å². The number of imidazole rings is 1. The quantitative estimate of drug-likeness (QED) is 0.932. The number of aliphatic hydroxyl groups is 1. The van der Waals surface area contributed by atoms with Gasteiger partial charge in [0.1, 0.15) is 5.82 Å². The van der Waals surface area contributed by atoms with Gasteiger partial charge in [0.05, 0.1) is 17.5 Å². The Labute approximate surface area is 126 Å². The van der Waals surface area contributed by atoms with E-state index in [1.54, 1.807) is 0 Å². The van der Waals surface area contributed by atoms with Crippen LogP contribution in [0.25, 0.3) is 0 Å². The molecule has 1 N–H and O–H groups in total. The van der Waals surface area contributed by atoms with E-state index < -0.39 is 0 Å². The molecule has 0 spiro atoms. The maximum absolute atomic E-state index is 10.4. The van der Waals surface area contributed by atoms with Gasteiger partial charge in [-0.2, -0.15) is 0 Å². The van der Waals surface area contributed by atoms with E-state index in [-0.39, 0.29) is 6.10 Å². The Morgan fingerprint density at radius 3 is 2.90 bits per heavy atom. The minimum atomic E-state index is -0.362. The second-order valence-electron chi connectivity index (χ2n) is 6.44. The molecule has 1 aromatic heterocycles. The Morgan fingerprint density at radius 1 is 1.38 bits per heavy atom. The first-order chi connectivity index (χ1) is 10.1. The average molecular weight is 284 g/mol. The summed E-state index contributed by atoms with van der Waals surface area (Å²) in [7, 11) is 0. The summed E-state index contributed by atoms with van der Waals surface area (Å²) in [6.07, 6.45) is 2.52. The smallest absolute Gasteiger partial charge is 0.112 e. The first-order valence-electron chi connectivity index (χ1n) is 7.89. The molecule has 2 aromatic rings. The van der Waals surface area contributed by atoms with Crippen molar-refractivity contribution >= 4 is 0 Å². The molecule has 0 fully saturated rings. The number of rotatable bonds is 3. The van der Waals surface area contributed by atoms with Crippen LogP contribution < -0.4 is 0 Å². The first kappa shape index (κ1) is 14.3. The number of aromatic nitrogens is 2. The van der Waals surface area contributed by atoms with Crippen LogP contribution in [0.1, 0.15) is 67.1 Å². The van der Waals surface area contributed by atoms with E-state index >= 15 is 0 Å². The van der Waals surface area contributed by atoms with Gasteiger partial charge < -0.3 is 9.67 Å². The van der Waals surface area contributed by atoms with Crippen LogP contribution in [0.5, 0.6) is 0 Å². The highest BCUT2D eigenvalue weighted by molar-refractivity contribution is 5.28. The zero-order valence-electron chi connectivity index (χ0n) is 13.1. The summed E-state index contributed by atoms with van der Waals surface area (Å²) in [6.45, 7) is 7.26. The summed E-state index contributed by atoms with van der Waals surface area (Å²) in [4.78, 5) is 4.82. The third kappa shape index (κ3) is 2.75. The van der Waals surface area contributed by atoms with Crippen molar-refractivity contribution in [2.45, 2.75) is 58.6 Å². The van der Waals surface area contributed by atoms with Gasteiger partial charge in [-0.15, -0.1) is 0 Å². The standard InChI is InChI=1S/C18H24N2O/c1-12(2)18-19-15-8-5-9-16(21)17(15)20(18)11-14-7-4-6-13(3)10-14/h4,6-7,10,12,16,21H,5,8-9,11H2,1-3H3. The van der Waals surface area contributed by atoms with Gasteiger partial charge in [-0.25, -0.2) is 4.98 Å². The summed E-state index contributed by atoms with van der Waals surface area (Å²) in [5.41, 5.74) is 4.69. The molecule has 0 radical (unpaired) electrons. The maximum Gasteiger partial charge on any atom is 0.112 e. The Balaban J connectivity index is 2.05. The van der Waals surface area contributed by atoms with Gasteiger partial charge in [-0.3, -0.25) is 0 Å². The molecule has 0 saturated carbocycles. The largest absolute Gasteiger partial charge is 0.387 e. The topological polar surface area (TPSA) is 38.0 Å². The number of aliphatic hydroxyl groups excluding tert-OH is 1. The lowest BCUT2D eigenvalue weighted by molar-refractivity contribution is 0.147. The lowest BCUT2D eigenvalue weighted by Crippen LogP contribution is -2.16. The average Bonchev–Trinajstić information content (AvgIpc) is 2.79. The Hall–Kier alpha value is -1.61. The fraction of sp³-hybridized carbons (Fsp3) is 0.500. The van der Waals surface area contributed by atoms with E-state index in [4.69, 9.17) is 4.98 Å². The fourth-order valence-corrected chi connectivity index (χ4v) is 3.29. The molecule has 3 heteroatoms. The lowest BCUT2D eigenvalue weighted by Gasteiger charge is -2.21. The van der Waals surface area contributed by atoms with E-state index in [0.717, 1.165) is 43.0 Å². The predicted molar refractivity (Wildman–Crippen MR) is 84.5 cm³/mol. The molecule has 3 nitrogen and oxygen atoms in total. The van der Waals surface area contributed by atoms with E-state index in [0.29, 0.717) is 5.92 Å². The number of nitrogens with zero attached hydrogens (tertiary/aromatic N) is 2. The summed E-state index contributed by atoms with van der Waals surface area (Å²) in [6, 6.07) is 8.58. The van der Waals surface area contributed by atoms with Crippen LogP contribution in [-0.2, 0) is 13.0 Å². The second kappa shape index (κ2) is 5.64. The Kier molecular flexibility index (Phi) is 3.85. The molecule has 21 heavy (non-hydrogen) atoms. The number of hydrogen-bond donors (Lipinski definition) is 1. The molecule has 0 saturated heterocycles. The zero-order valence-corrected chi connectivity index (χ0v) is 13.1. The van der Waals surface area contributed by atoms with Gasteiger partial charge in [0.2, 0.25) is 0 Å². The van der Waals surface area contributed by atoms with Crippen molar-refractivity contribution < 1.29 is 5.11 Å². The van der Waals surface area contributed by atoms with Crippen LogP contribution in [-0.4, -0.2) is 14.7 Å². The van der Waals surface area contributed by atoms with Crippen molar-refractivity contribution in [1.29, 1.82) is 0 Å². The predicted octanol–water partition coefficient (Wildman–Crippen LogP) is 3.73. The van der Waals surface area contributed by atoms with E-state index in [1.165, 1.54) is 11.1 Å². The molecule has 1 aliphatic carbocycles. The van der Waals surface area contributed by atoms with Gasteiger partial charge in [-0.1, -0.05) is 43.7 Å². The van der Waals surface area contributed by atoms with Crippen LogP contribution >= 0.6 is 0 Å². The highest BCUT2D eigenvalue weighted by atomic mass is 16.3. The Morgan fingerprint density at radius 2 is 2.19 bits per heavy atom. The van der Waals surface area contributed by atoms with Crippen molar-refractivity contribution in [3.05, 3.63) is 52.6 Å². The van der Waals surface area contributed by atoms with E-state index in [2.05, 4.69) is 49.6 Å². The van der Waals surface area contributed by atoms with Crippen LogP contribution in [0, 0.1) is 6.92 Å². The van der Waals surface area contributed by atoms with Gasteiger partial charge in [0.15, 0.2) is 0 Å². The van der Waals surface area contributed by atoms with Gasteiger partial charge in [0.25, 0.3) is 0 Å². The molecule has 0 amide bonds. The van der Waals surface area contributed by atoms with Crippen LogP contribution in [0.15, 0.2) is 24.3 Å². The van der Waals surface area contributed by atoms with Gasteiger partial charge in [-0.05, 0) is 31.7 Å². The lowest BCUT2D eigenvalue weighted by atomic mass is 9.98. The molecule has 1 atom stereocenters. The molecule has 112 valence electrons. The first-order valence-corrected chi connectivity index (χ1v) is 7.89. The molecule has 1 aromatic carbocycles. The molecular weight excluding hydrogens is 260 g/mol. The van der Waals surface area contributed by atoms with Crippen LogP contribution in [0.3, 0.4) is 0 Å². The van der Waals surface area contributed by atoms with E-state index in [9.17, 15) is 5.11 Å². The minimum Gasteiger partial charge on any atom is -0.387 e. The van der Waals surface area contributed by atoms with Crippen molar-refractivity contribution in [3.63, 3.8) is 0 Å². The van der Waals surface area contributed by atoms with Gasteiger partial charge in [0, 0.05) is 12.5 Å². The summed E-state index contributed by atoms with van der Waals surface area (Å²) < 4.78 is 2.25. The number of hydrogen-bond acceptors (Lipinski definition) is 2. The zero-order chi connectivity index (χ0) is 15.0. The normalized spacial score (nSPS) is 18.0. The monoisotopic (exact) mass is 284 g/mol. The number of fused-ring (bicyclic) bond motifs is 1. The molecule has 0 bridgehead atoms. The van der Waals surface area contributed by atoms with Crippen molar-refractivity contribution in [3.8, 4) is 0 Å². The SMILES string of the molecule is Cc1cccc(Cn2c(C(C)C)nc3c2C(O)CCC3)c1. The summed E-state index contributed by atoms with van der Waals surface area (Å²) in [5, 5.41) is 10.4. The third-order valence-corrected chi connectivity index (χ3v) is 4.26. The summed E-state index contributed by atoms with van der Waals surface area (Å²) >= 11 is 0.